The molecule has 2 nitrogen and oxygen atoms in total. The maximum Gasteiger partial charge on any atom is 0.0247 e. The molecular weight excluding hydrogens is 244 g/mol. The zero-order valence-corrected chi connectivity index (χ0v) is 14.8. The molecule has 1 aliphatic carbocycles. The first-order valence-electron chi connectivity index (χ1n) is 8.62. The molecule has 0 aromatic carbocycles. The van der Waals surface area contributed by atoms with E-state index >= 15 is 0 Å². The van der Waals surface area contributed by atoms with E-state index in [9.17, 15) is 0 Å². The Hall–Kier alpha value is -0.0800. The summed E-state index contributed by atoms with van der Waals surface area (Å²) in [6.45, 7) is 19.2. The molecule has 0 amide bonds. The van der Waals surface area contributed by atoms with E-state index in [1.54, 1.807) is 0 Å². The molecule has 0 bridgehead atoms. The summed E-state index contributed by atoms with van der Waals surface area (Å²) in [5.74, 6) is 0.736. The van der Waals surface area contributed by atoms with Gasteiger partial charge in [0.25, 0.3) is 0 Å². The van der Waals surface area contributed by atoms with Crippen LogP contribution in [0.25, 0.3) is 0 Å². The number of piperazine rings is 1. The first-order valence-corrected chi connectivity index (χ1v) is 8.62. The van der Waals surface area contributed by atoms with Crippen molar-refractivity contribution in [2.75, 3.05) is 13.1 Å². The summed E-state index contributed by atoms with van der Waals surface area (Å²) in [6.07, 6.45) is 4.20. The first kappa shape index (κ1) is 16.3. The van der Waals surface area contributed by atoms with Crippen molar-refractivity contribution in [2.45, 2.75) is 85.9 Å². The quantitative estimate of drug-likeness (QED) is 0.825. The van der Waals surface area contributed by atoms with Crippen molar-refractivity contribution >= 4 is 0 Å². The van der Waals surface area contributed by atoms with Crippen LogP contribution >= 0.6 is 0 Å². The van der Waals surface area contributed by atoms with E-state index in [0.29, 0.717) is 22.9 Å². The summed E-state index contributed by atoms with van der Waals surface area (Å²) in [4.78, 5) is 2.88. The molecule has 2 heteroatoms. The molecule has 0 radical (unpaired) electrons. The molecule has 1 heterocycles. The van der Waals surface area contributed by atoms with E-state index in [4.69, 9.17) is 0 Å². The fourth-order valence-electron chi connectivity index (χ4n) is 4.27. The predicted octanol–water partition coefficient (Wildman–Crippen LogP) is 3.91. The van der Waals surface area contributed by atoms with E-state index in [1.807, 2.05) is 0 Å². The highest BCUT2D eigenvalue weighted by atomic mass is 15.3. The molecule has 1 N–H and O–H groups in total. The summed E-state index contributed by atoms with van der Waals surface area (Å²) in [5.41, 5.74) is 0.843. The second kappa shape index (κ2) is 5.61. The van der Waals surface area contributed by atoms with Crippen molar-refractivity contribution in [3.05, 3.63) is 0 Å². The van der Waals surface area contributed by atoms with Gasteiger partial charge in [-0.3, -0.25) is 4.90 Å². The summed E-state index contributed by atoms with van der Waals surface area (Å²) < 4.78 is 0. The Labute approximate surface area is 126 Å². The molecular formula is C18H36N2. The van der Waals surface area contributed by atoms with E-state index in [0.717, 1.165) is 18.5 Å². The molecule has 118 valence electrons. The van der Waals surface area contributed by atoms with Crippen molar-refractivity contribution in [1.29, 1.82) is 0 Å². The minimum atomic E-state index is 0.350. The molecule has 1 aliphatic heterocycles. The van der Waals surface area contributed by atoms with Crippen LogP contribution in [0.4, 0.5) is 0 Å². The number of nitrogens with zero attached hydrogens (tertiary/aromatic N) is 1. The van der Waals surface area contributed by atoms with E-state index in [2.05, 4.69) is 58.7 Å². The van der Waals surface area contributed by atoms with Gasteiger partial charge in [0, 0.05) is 31.2 Å². The Bertz CT molecular complexity index is 327. The SMILES string of the molecule is CC(C)C1CNC(C(C)(C)C)CN1C1CCCC1(C)C. The zero-order valence-electron chi connectivity index (χ0n) is 14.8. The van der Waals surface area contributed by atoms with Gasteiger partial charge in [-0.2, -0.15) is 0 Å². The Morgan fingerprint density at radius 3 is 2.30 bits per heavy atom. The third-order valence-corrected chi connectivity index (χ3v) is 5.81. The Kier molecular flexibility index (Phi) is 4.57. The lowest BCUT2D eigenvalue weighted by Crippen LogP contribution is -2.65. The molecule has 2 rings (SSSR count). The van der Waals surface area contributed by atoms with Gasteiger partial charge in [-0.15, -0.1) is 0 Å². The van der Waals surface area contributed by atoms with Crippen molar-refractivity contribution in [3.8, 4) is 0 Å². The van der Waals surface area contributed by atoms with Gasteiger partial charge >= 0.3 is 0 Å². The van der Waals surface area contributed by atoms with Crippen LogP contribution in [-0.2, 0) is 0 Å². The maximum absolute atomic E-state index is 3.83. The molecule has 1 saturated heterocycles. The highest BCUT2D eigenvalue weighted by Gasteiger charge is 2.45. The van der Waals surface area contributed by atoms with Gasteiger partial charge in [0.1, 0.15) is 0 Å². The van der Waals surface area contributed by atoms with Gasteiger partial charge in [0.2, 0.25) is 0 Å². The van der Waals surface area contributed by atoms with Crippen LogP contribution < -0.4 is 5.32 Å². The highest BCUT2D eigenvalue weighted by Crippen LogP contribution is 2.43. The zero-order chi connectivity index (χ0) is 15.1. The molecule has 0 aromatic rings. The van der Waals surface area contributed by atoms with Gasteiger partial charge < -0.3 is 5.32 Å². The summed E-state index contributed by atoms with van der Waals surface area (Å²) in [6, 6.07) is 2.10. The third kappa shape index (κ3) is 3.22. The van der Waals surface area contributed by atoms with Crippen LogP contribution in [-0.4, -0.2) is 36.1 Å². The normalized spacial score (nSPS) is 35.7. The summed E-state index contributed by atoms with van der Waals surface area (Å²) in [5, 5.41) is 3.83. The smallest absolute Gasteiger partial charge is 0.0247 e. The lowest BCUT2D eigenvalue weighted by atomic mass is 9.80. The molecule has 3 unspecified atom stereocenters. The van der Waals surface area contributed by atoms with Gasteiger partial charge in [-0.05, 0) is 29.6 Å². The monoisotopic (exact) mass is 280 g/mol. The topological polar surface area (TPSA) is 15.3 Å². The van der Waals surface area contributed by atoms with E-state index < -0.39 is 0 Å². The predicted molar refractivity (Wildman–Crippen MR) is 88.0 cm³/mol. The van der Waals surface area contributed by atoms with Crippen LogP contribution in [0.1, 0.15) is 67.7 Å². The Morgan fingerprint density at radius 1 is 1.20 bits per heavy atom. The number of nitrogens with one attached hydrogen (secondary N) is 1. The summed E-state index contributed by atoms with van der Waals surface area (Å²) >= 11 is 0. The van der Waals surface area contributed by atoms with Gasteiger partial charge in [-0.25, -0.2) is 0 Å². The molecule has 20 heavy (non-hydrogen) atoms. The van der Waals surface area contributed by atoms with Crippen LogP contribution in [0.5, 0.6) is 0 Å². The fourth-order valence-corrected chi connectivity index (χ4v) is 4.27. The molecule has 2 aliphatic rings. The van der Waals surface area contributed by atoms with Gasteiger partial charge in [-0.1, -0.05) is 54.9 Å². The van der Waals surface area contributed by atoms with Crippen molar-refractivity contribution in [2.24, 2.45) is 16.7 Å². The van der Waals surface area contributed by atoms with Crippen LogP contribution in [0.2, 0.25) is 0 Å². The van der Waals surface area contributed by atoms with Crippen molar-refractivity contribution in [3.63, 3.8) is 0 Å². The number of hydrogen-bond acceptors (Lipinski definition) is 2. The van der Waals surface area contributed by atoms with Gasteiger partial charge in [0.05, 0.1) is 0 Å². The molecule has 3 atom stereocenters. The van der Waals surface area contributed by atoms with Crippen LogP contribution in [0.15, 0.2) is 0 Å². The Morgan fingerprint density at radius 2 is 1.85 bits per heavy atom. The largest absolute Gasteiger partial charge is 0.311 e. The average molecular weight is 280 g/mol. The molecule has 0 spiro atoms. The Balaban J connectivity index is 2.19. The second-order valence-corrected chi connectivity index (χ2v) is 9.23. The van der Waals surface area contributed by atoms with Crippen LogP contribution in [0, 0.1) is 16.7 Å². The van der Waals surface area contributed by atoms with E-state index in [1.165, 1.54) is 25.8 Å². The molecule has 1 saturated carbocycles. The van der Waals surface area contributed by atoms with Crippen molar-refractivity contribution < 1.29 is 0 Å². The second-order valence-electron chi connectivity index (χ2n) is 9.23. The summed E-state index contributed by atoms with van der Waals surface area (Å²) in [7, 11) is 0. The minimum Gasteiger partial charge on any atom is -0.311 e. The number of hydrogen-bond donors (Lipinski definition) is 1. The lowest BCUT2D eigenvalue weighted by Gasteiger charge is -2.51. The average Bonchev–Trinajstić information content (AvgIpc) is 2.66. The highest BCUT2D eigenvalue weighted by molar-refractivity contribution is 5.00. The molecule has 2 fully saturated rings. The number of rotatable bonds is 2. The van der Waals surface area contributed by atoms with Crippen LogP contribution in [0.3, 0.4) is 0 Å². The lowest BCUT2D eigenvalue weighted by molar-refractivity contribution is -0.00266. The van der Waals surface area contributed by atoms with E-state index in [-0.39, 0.29) is 0 Å². The maximum atomic E-state index is 3.83. The third-order valence-electron chi connectivity index (χ3n) is 5.81. The minimum absolute atomic E-state index is 0.350. The standard InChI is InChI=1S/C18H36N2/c1-13(2)14-11-19-15(17(3,4)5)12-20(14)16-9-8-10-18(16,6)7/h13-16,19H,8-12H2,1-7H3. The fraction of sp³-hybridized carbons (Fsp3) is 1.00. The molecule has 0 aromatic heterocycles. The first-order chi connectivity index (χ1) is 9.13. The van der Waals surface area contributed by atoms with Gasteiger partial charge in [0.15, 0.2) is 0 Å². The van der Waals surface area contributed by atoms with Crippen molar-refractivity contribution in [1.82, 2.24) is 10.2 Å².